The van der Waals surface area contributed by atoms with E-state index < -0.39 is 5.91 Å². The van der Waals surface area contributed by atoms with Gasteiger partial charge in [0.25, 0.3) is 5.91 Å². The SMILES string of the molecule is Cc1cc(C)cc(-n2c(C)c(Br)c(/C=N\NC(=O)CC#N)c2C)c1. The lowest BCUT2D eigenvalue weighted by Crippen LogP contribution is -2.16. The van der Waals surface area contributed by atoms with Crippen molar-refractivity contribution in [2.75, 3.05) is 0 Å². The fourth-order valence-electron chi connectivity index (χ4n) is 2.72. The molecule has 124 valence electrons. The molecule has 2 rings (SSSR count). The zero-order valence-electron chi connectivity index (χ0n) is 14.1. The van der Waals surface area contributed by atoms with Gasteiger partial charge in [0.15, 0.2) is 0 Å². The minimum absolute atomic E-state index is 0.208. The maximum absolute atomic E-state index is 11.3. The van der Waals surface area contributed by atoms with Crippen LogP contribution < -0.4 is 5.43 Å². The van der Waals surface area contributed by atoms with Crippen LogP contribution in [0.5, 0.6) is 0 Å². The van der Waals surface area contributed by atoms with E-state index in [0.29, 0.717) is 0 Å². The molecule has 1 N–H and O–H groups in total. The van der Waals surface area contributed by atoms with Crippen LogP contribution >= 0.6 is 15.9 Å². The summed E-state index contributed by atoms with van der Waals surface area (Å²) < 4.78 is 3.08. The van der Waals surface area contributed by atoms with Crippen LogP contribution in [0.4, 0.5) is 0 Å². The minimum atomic E-state index is -0.423. The molecule has 0 aliphatic heterocycles. The second-order valence-corrected chi connectivity index (χ2v) is 6.50. The summed E-state index contributed by atoms with van der Waals surface area (Å²) in [5, 5.41) is 12.4. The molecule has 1 heterocycles. The van der Waals surface area contributed by atoms with Crippen molar-refractivity contribution in [1.29, 1.82) is 5.26 Å². The number of hydrogen-bond acceptors (Lipinski definition) is 3. The molecule has 0 aliphatic rings. The average molecular weight is 387 g/mol. The number of nitriles is 1. The highest BCUT2D eigenvalue weighted by atomic mass is 79.9. The Bertz CT molecular complexity index is 839. The van der Waals surface area contributed by atoms with Crippen LogP contribution in [0.3, 0.4) is 0 Å². The number of hydrogen-bond donors (Lipinski definition) is 1. The molecule has 5 nitrogen and oxygen atoms in total. The van der Waals surface area contributed by atoms with Crippen LogP contribution in [0.15, 0.2) is 27.8 Å². The number of amides is 1. The molecule has 1 aromatic carbocycles. The summed E-state index contributed by atoms with van der Waals surface area (Å²) in [6.07, 6.45) is 1.39. The molecule has 1 amide bonds. The van der Waals surface area contributed by atoms with Gasteiger partial charge in [-0.25, -0.2) is 5.43 Å². The third kappa shape index (κ3) is 3.74. The average Bonchev–Trinajstić information content (AvgIpc) is 2.70. The summed E-state index contributed by atoms with van der Waals surface area (Å²) in [5.41, 5.74) is 8.81. The second kappa shape index (κ2) is 7.45. The summed E-state index contributed by atoms with van der Waals surface area (Å²) in [5.74, 6) is -0.423. The zero-order valence-corrected chi connectivity index (χ0v) is 15.7. The molecule has 0 spiro atoms. The lowest BCUT2D eigenvalue weighted by Gasteiger charge is -2.11. The van der Waals surface area contributed by atoms with Gasteiger partial charge in [-0.3, -0.25) is 4.79 Å². The van der Waals surface area contributed by atoms with Gasteiger partial charge in [0.1, 0.15) is 6.42 Å². The highest BCUT2D eigenvalue weighted by molar-refractivity contribution is 9.10. The second-order valence-electron chi connectivity index (χ2n) is 5.71. The summed E-state index contributed by atoms with van der Waals surface area (Å²) in [6, 6.07) is 8.19. The van der Waals surface area contributed by atoms with Gasteiger partial charge in [0.05, 0.1) is 12.3 Å². The van der Waals surface area contributed by atoms with E-state index in [2.05, 4.69) is 63.1 Å². The predicted octanol–water partition coefficient (Wildman–Crippen LogP) is 3.84. The van der Waals surface area contributed by atoms with E-state index in [9.17, 15) is 4.79 Å². The summed E-state index contributed by atoms with van der Waals surface area (Å²) in [4.78, 5) is 11.3. The summed E-state index contributed by atoms with van der Waals surface area (Å²) in [6.45, 7) is 8.19. The fraction of sp³-hybridized carbons (Fsp3) is 0.278. The molecule has 24 heavy (non-hydrogen) atoms. The maximum atomic E-state index is 11.3. The van der Waals surface area contributed by atoms with Gasteiger partial charge in [0.2, 0.25) is 0 Å². The number of aromatic nitrogens is 1. The van der Waals surface area contributed by atoms with E-state index in [1.54, 1.807) is 12.3 Å². The molecule has 1 aromatic heterocycles. The predicted molar refractivity (Wildman–Crippen MR) is 98.4 cm³/mol. The number of hydrazone groups is 1. The normalized spacial score (nSPS) is 10.8. The van der Waals surface area contributed by atoms with Gasteiger partial charge < -0.3 is 4.57 Å². The summed E-state index contributed by atoms with van der Waals surface area (Å²) >= 11 is 3.61. The highest BCUT2D eigenvalue weighted by Gasteiger charge is 2.16. The number of rotatable bonds is 4. The van der Waals surface area contributed by atoms with Crippen LogP contribution in [-0.2, 0) is 4.79 Å². The van der Waals surface area contributed by atoms with Gasteiger partial charge in [-0.1, -0.05) is 6.07 Å². The third-order valence-electron chi connectivity index (χ3n) is 3.70. The Morgan fingerprint density at radius 1 is 1.25 bits per heavy atom. The van der Waals surface area contributed by atoms with Crippen LogP contribution in [0.25, 0.3) is 5.69 Å². The fourth-order valence-corrected chi connectivity index (χ4v) is 3.29. The Balaban J connectivity index is 2.41. The van der Waals surface area contributed by atoms with E-state index in [1.807, 2.05) is 13.8 Å². The number of nitrogens with one attached hydrogen (secondary N) is 1. The highest BCUT2D eigenvalue weighted by Crippen LogP contribution is 2.30. The van der Waals surface area contributed by atoms with Crippen molar-refractivity contribution < 1.29 is 4.79 Å². The Morgan fingerprint density at radius 3 is 2.46 bits per heavy atom. The van der Waals surface area contributed by atoms with Crippen LogP contribution in [0.1, 0.15) is 34.5 Å². The lowest BCUT2D eigenvalue weighted by molar-refractivity contribution is -0.120. The number of halogens is 1. The van der Waals surface area contributed by atoms with E-state index in [4.69, 9.17) is 5.26 Å². The molecule has 0 radical (unpaired) electrons. The van der Waals surface area contributed by atoms with Crippen LogP contribution in [-0.4, -0.2) is 16.7 Å². The van der Waals surface area contributed by atoms with Crippen molar-refractivity contribution in [3.05, 3.63) is 50.8 Å². The smallest absolute Gasteiger partial charge is 0.254 e. The molecule has 0 bridgehead atoms. The van der Waals surface area contributed by atoms with E-state index >= 15 is 0 Å². The van der Waals surface area contributed by atoms with Gasteiger partial charge in [-0.05, 0) is 66.9 Å². The largest absolute Gasteiger partial charge is 0.317 e. The first kappa shape index (κ1) is 18.0. The number of benzene rings is 1. The molecule has 0 aliphatic carbocycles. The Labute approximate surface area is 150 Å². The van der Waals surface area contributed by atoms with Crippen molar-refractivity contribution in [2.45, 2.75) is 34.1 Å². The van der Waals surface area contributed by atoms with Crippen molar-refractivity contribution in [1.82, 2.24) is 9.99 Å². The molecule has 0 atom stereocenters. The van der Waals surface area contributed by atoms with E-state index in [-0.39, 0.29) is 6.42 Å². The summed E-state index contributed by atoms with van der Waals surface area (Å²) in [7, 11) is 0. The number of carbonyl (C=O) groups is 1. The van der Waals surface area contributed by atoms with Gasteiger partial charge in [-0.2, -0.15) is 10.4 Å². The Kier molecular flexibility index (Phi) is 5.58. The van der Waals surface area contributed by atoms with Crippen LogP contribution in [0, 0.1) is 39.0 Å². The van der Waals surface area contributed by atoms with Crippen molar-refractivity contribution >= 4 is 28.1 Å². The number of aryl methyl sites for hydroxylation is 2. The first-order chi connectivity index (χ1) is 11.3. The van der Waals surface area contributed by atoms with Crippen molar-refractivity contribution in [3.63, 3.8) is 0 Å². The minimum Gasteiger partial charge on any atom is -0.317 e. The van der Waals surface area contributed by atoms with Crippen molar-refractivity contribution in [2.24, 2.45) is 5.10 Å². The maximum Gasteiger partial charge on any atom is 0.254 e. The topological polar surface area (TPSA) is 70.2 Å². The van der Waals surface area contributed by atoms with E-state index in [1.165, 1.54) is 11.1 Å². The van der Waals surface area contributed by atoms with Crippen LogP contribution in [0.2, 0.25) is 0 Å². The molecule has 6 heteroatoms. The number of nitrogens with zero attached hydrogens (tertiary/aromatic N) is 3. The lowest BCUT2D eigenvalue weighted by atomic mass is 10.1. The monoisotopic (exact) mass is 386 g/mol. The molecule has 0 fully saturated rings. The third-order valence-corrected chi connectivity index (χ3v) is 4.70. The molecular formula is C18H19BrN4O. The molecule has 0 unspecified atom stereocenters. The first-order valence-electron chi connectivity index (χ1n) is 7.50. The number of carbonyl (C=O) groups excluding carboxylic acids is 1. The van der Waals surface area contributed by atoms with Gasteiger partial charge >= 0.3 is 0 Å². The zero-order chi connectivity index (χ0) is 17.9. The molecule has 2 aromatic rings. The Hall–Kier alpha value is -2.39. The van der Waals surface area contributed by atoms with Crippen molar-refractivity contribution in [3.8, 4) is 11.8 Å². The Morgan fingerprint density at radius 2 is 1.88 bits per heavy atom. The van der Waals surface area contributed by atoms with Gasteiger partial charge in [-0.15, -0.1) is 0 Å². The van der Waals surface area contributed by atoms with E-state index in [0.717, 1.165) is 27.1 Å². The quantitative estimate of drug-likeness (QED) is 0.640. The standard InChI is InChI=1S/C18H19BrN4O/c1-11-7-12(2)9-15(8-11)23-13(3)16(18(19)14(23)4)10-21-22-17(24)5-6-20/h7-10H,5H2,1-4H3,(H,22,24)/b21-10-. The first-order valence-corrected chi connectivity index (χ1v) is 8.29. The van der Waals surface area contributed by atoms with Gasteiger partial charge in [0, 0.05) is 27.1 Å². The molecular weight excluding hydrogens is 368 g/mol. The molecule has 0 saturated heterocycles. The molecule has 0 saturated carbocycles.